The lowest BCUT2D eigenvalue weighted by Gasteiger charge is -2.31. The van der Waals surface area contributed by atoms with Gasteiger partial charge < -0.3 is 15.3 Å². The van der Waals surface area contributed by atoms with Crippen LogP contribution in [0.3, 0.4) is 0 Å². The van der Waals surface area contributed by atoms with Gasteiger partial charge in [0, 0.05) is 25.7 Å². The van der Waals surface area contributed by atoms with E-state index in [9.17, 15) is 4.79 Å². The number of piperidine rings is 1. The minimum Gasteiger partial charge on any atom is -0.481 e. The van der Waals surface area contributed by atoms with Crippen LogP contribution in [0.2, 0.25) is 0 Å². The van der Waals surface area contributed by atoms with Crippen molar-refractivity contribution < 1.29 is 9.90 Å². The first-order valence-corrected chi connectivity index (χ1v) is 8.94. The fraction of sp³-hybridized carbons (Fsp3) is 0.611. The number of nitrogens with zero attached hydrogens (tertiary/aromatic N) is 3. The lowest BCUT2D eigenvalue weighted by molar-refractivity contribution is -0.142. The number of allylic oxidation sites excluding steroid dienone is 1. The molecular formula is C18H26N4O2. The van der Waals surface area contributed by atoms with Crippen molar-refractivity contribution in [3.8, 4) is 0 Å². The van der Waals surface area contributed by atoms with Crippen molar-refractivity contribution in [2.45, 2.75) is 44.9 Å². The third kappa shape index (κ3) is 4.46. The van der Waals surface area contributed by atoms with E-state index < -0.39 is 5.97 Å². The Morgan fingerprint density at radius 2 is 2.12 bits per heavy atom. The Kier molecular flexibility index (Phi) is 5.67. The van der Waals surface area contributed by atoms with E-state index in [2.05, 4.69) is 26.3 Å². The molecule has 2 N–H and O–H groups in total. The largest absolute Gasteiger partial charge is 0.481 e. The standard InChI is InChI=1S/C18H26N4O2/c23-18(24)15-7-10-22(11-8-15)17-12-16(20-13-21-17)19-9-6-14-4-2-1-3-5-14/h4,12-13,15H,1-3,5-11H2,(H,23,24)(H,19,20,21). The molecule has 1 fully saturated rings. The van der Waals surface area contributed by atoms with Gasteiger partial charge in [0.2, 0.25) is 0 Å². The molecule has 1 aliphatic carbocycles. The van der Waals surface area contributed by atoms with E-state index in [1.807, 2.05) is 6.07 Å². The molecule has 0 aromatic carbocycles. The molecule has 1 aromatic rings. The minimum atomic E-state index is -0.684. The van der Waals surface area contributed by atoms with Gasteiger partial charge in [-0.3, -0.25) is 4.79 Å². The molecule has 3 rings (SSSR count). The zero-order valence-electron chi connectivity index (χ0n) is 14.1. The lowest BCUT2D eigenvalue weighted by Crippen LogP contribution is -2.36. The number of rotatable bonds is 6. The maximum Gasteiger partial charge on any atom is 0.306 e. The van der Waals surface area contributed by atoms with E-state index in [1.165, 1.54) is 25.7 Å². The summed E-state index contributed by atoms with van der Waals surface area (Å²) < 4.78 is 0. The minimum absolute atomic E-state index is 0.218. The molecule has 2 heterocycles. The maximum absolute atomic E-state index is 11.0. The Labute approximate surface area is 143 Å². The second-order valence-electron chi connectivity index (χ2n) is 6.65. The highest BCUT2D eigenvalue weighted by atomic mass is 16.4. The number of carboxylic acids is 1. The van der Waals surface area contributed by atoms with E-state index in [0.29, 0.717) is 12.8 Å². The van der Waals surface area contributed by atoms with Crippen LogP contribution in [0.1, 0.15) is 44.9 Å². The fourth-order valence-electron chi connectivity index (χ4n) is 3.46. The molecule has 130 valence electrons. The Hall–Kier alpha value is -2.11. The van der Waals surface area contributed by atoms with Crippen molar-refractivity contribution in [3.63, 3.8) is 0 Å². The predicted octanol–water partition coefficient (Wildman–Crippen LogP) is 3.08. The molecule has 24 heavy (non-hydrogen) atoms. The molecule has 1 aromatic heterocycles. The topological polar surface area (TPSA) is 78.4 Å². The molecular weight excluding hydrogens is 304 g/mol. The van der Waals surface area contributed by atoms with Gasteiger partial charge in [0.1, 0.15) is 18.0 Å². The van der Waals surface area contributed by atoms with Crippen molar-refractivity contribution >= 4 is 17.6 Å². The summed E-state index contributed by atoms with van der Waals surface area (Å²) in [6, 6.07) is 1.97. The molecule has 0 radical (unpaired) electrons. The smallest absolute Gasteiger partial charge is 0.306 e. The fourth-order valence-corrected chi connectivity index (χ4v) is 3.46. The summed E-state index contributed by atoms with van der Waals surface area (Å²) in [4.78, 5) is 21.8. The predicted molar refractivity (Wildman–Crippen MR) is 94.3 cm³/mol. The normalized spacial score (nSPS) is 19.0. The van der Waals surface area contributed by atoms with E-state index >= 15 is 0 Å². The number of anilines is 2. The van der Waals surface area contributed by atoms with Gasteiger partial charge in [-0.2, -0.15) is 0 Å². The van der Waals surface area contributed by atoms with Gasteiger partial charge in [-0.1, -0.05) is 11.6 Å². The number of hydrogen-bond donors (Lipinski definition) is 2. The van der Waals surface area contributed by atoms with Gasteiger partial charge in [0.15, 0.2) is 0 Å². The van der Waals surface area contributed by atoms with Crippen LogP contribution in [-0.2, 0) is 4.79 Å². The number of nitrogens with one attached hydrogen (secondary N) is 1. The average molecular weight is 330 g/mol. The Bertz CT molecular complexity index is 594. The Balaban J connectivity index is 1.51. The van der Waals surface area contributed by atoms with Crippen molar-refractivity contribution in [2.75, 3.05) is 29.9 Å². The van der Waals surface area contributed by atoms with Gasteiger partial charge in [0.05, 0.1) is 5.92 Å². The summed E-state index contributed by atoms with van der Waals surface area (Å²) in [6.45, 7) is 2.37. The van der Waals surface area contributed by atoms with Crippen LogP contribution < -0.4 is 10.2 Å². The summed E-state index contributed by atoms with van der Waals surface area (Å²) in [5.41, 5.74) is 1.55. The SMILES string of the molecule is O=C(O)C1CCN(c2cc(NCCC3=CCCCC3)ncn2)CC1. The number of aromatic nitrogens is 2. The first-order chi connectivity index (χ1) is 11.7. The van der Waals surface area contributed by atoms with Gasteiger partial charge >= 0.3 is 5.97 Å². The molecule has 6 nitrogen and oxygen atoms in total. The summed E-state index contributed by atoms with van der Waals surface area (Å²) in [5, 5.41) is 12.5. The van der Waals surface area contributed by atoms with Crippen LogP contribution in [0.5, 0.6) is 0 Å². The van der Waals surface area contributed by atoms with Gasteiger partial charge in [-0.15, -0.1) is 0 Å². The molecule has 2 aliphatic rings. The molecule has 1 aliphatic heterocycles. The molecule has 6 heteroatoms. The van der Waals surface area contributed by atoms with E-state index in [-0.39, 0.29) is 5.92 Å². The lowest BCUT2D eigenvalue weighted by atomic mass is 9.97. The Morgan fingerprint density at radius 1 is 1.29 bits per heavy atom. The third-order valence-electron chi connectivity index (χ3n) is 4.96. The second kappa shape index (κ2) is 8.13. The van der Waals surface area contributed by atoms with Crippen LogP contribution in [0.25, 0.3) is 0 Å². The van der Waals surface area contributed by atoms with Gasteiger partial charge in [0.25, 0.3) is 0 Å². The molecule has 0 amide bonds. The zero-order chi connectivity index (χ0) is 16.8. The van der Waals surface area contributed by atoms with Crippen LogP contribution >= 0.6 is 0 Å². The Morgan fingerprint density at radius 3 is 2.83 bits per heavy atom. The highest BCUT2D eigenvalue weighted by molar-refractivity contribution is 5.70. The second-order valence-corrected chi connectivity index (χ2v) is 6.65. The highest BCUT2D eigenvalue weighted by Gasteiger charge is 2.25. The van der Waals surface area contributed by atoms with Gasteiger partial charge in [-0.05, 0) is 44.9 Å². The van der Waals surface area contributed by atoms with Crippen molar-refractivity contribution in [3.05, 3.63) is 24.0 Å². The number of carboxylic acid groups (broad SMARTS) is 1. The first-order valence-electron chi connectivity index (χ1n) is 8.94. The maximum atomic E-state index is 11.0. The zero-order valence-corrected chi connectivity index (χ0v) is 14.1. The first kappa shape index (κ1) is 16.7. The number of aliphatic carboxylic acids is 1. The third-order valence-corrected chi connectivity index (χ3v) is 4.96. The van der Waals surface area contributed by atoms with Gasteiger partial charge in [-0.25, -0.2) is 9.97 Å². The monoisotopic (exact) mass is 330 g/mol. The summed E-state index contributed by atoms with van der Waals surface area (Å²) in [5.74, 6) is 0.825. The molecule has 0 atom stereocenters. The van der Waals surface area contributed by atoms with Crippen molar-refractivity contribution in [2.24, 2.45) is 5.92 Å². The van der Waals surface area contributed by atoms with Crippen LogP contribution in [0, 0.1) is 5.92 Å². The summed E-state index contributed by atoms with van der Waals surface area (Å²) >= 11 is 0. The average Bonchev–Trinajstić information content (AvgIpc) is 2.63. The molecule has 1 saturated heterocycles. The highest BCUT2D eigenvalue weighted by Crippen LogP contribution is 2.23. The van der Waals surface area contributed by atoms with Crippen LogP contribution in [0.15, 0.2) is 24.0 Å². The summed E-state index contributed by atoms with van der Waals surface area (Å²) in [6.07, 6.45) is 11.5. The van der Waals surface area contributed by atoms with E-state index in [0.717, 1.165) is 37.7 Å². The van der Waals surface area contributed by atoms with Crippen molar-refractivity contribution in [1.29, 1.82) is 0 Å². The molecule has 0 spiro atoms. The molecule has 0 saturated carbocycles. The number of carbonyl (C=O) groups is 1. The van der Waals surface area contributed by atoms with E-state index in [1.54, 1.807) is 11.9 Å². The van der Waals surface area contributed by atoms with Crippen LogP contribution in [0.4, 0.5) is 11.6 Å². The number of hydrogen-bond acceptors (Lipinski definition) is 5. The van der Waals surface area contributed by atoms with Crippen LogP contribution in [-0.4, -0.2) is 40.7 Å². The quantitative estimate of drug-likeness (QED) is 0.781. The van der Waals surface area contributed by atoms with Crippen molar-refractivity contribution in [1.82, 2.24) is 9.97 Å². The molecule has 0 unspecified atom stereocenters. The molecule has 0 bridgehead atoms. The van der Waals surface area contributed by atoms with E-state index in [4.69, 9.17) is 5.11 Å². The summed E-state index contributed by atoms with van der Waals surface area (Å²) in [7, 11) is 0.